The fraction of sp³-hybridized carbons (Fsp3) is 0.667. The number of guanidine groups is 1. The van der Waals surface area contributed by atoms with Gasteiger partial charge in [-0.15, -0.1) is 24.0 Å². The van der Waals surface area contributed by atoms with Gasteiger partial charge in [-0.25, -0.2) is 4.98 Å². The first kappa shape index (κ1) is 21.2. The van der Waals surface area contributed by atoms with Gasteiger partial charge in [-0.3, -0.25) is 9.89 Å². The molecule has 0 unspecified atom stereocenters. The van der Waals surface area contributed by atoms with E-state index < -0.39 is 0 Å². The summed E-state index contributed by atoms with van der Waals surface area (Å²) in [5.41, 5.74) is 1.11. The van der Waals surface area contributed by atoms with Gasteiger partial charge in [0, 0.05) is 52.0 Å². The first-order valence-corrected chi connectivity index (χ1v) is 9.16. The fourth-order valence-electron chi connectivity index (χ4n) is 2.65. The highest BCUT2D eigenvalue weighted by molar-refractivity contribution is 14.0. The molecule has 0 spiro atoms. The Hall–Kier alpha value is -1.13. The van der Waals surface area contributed by atoms with Gasteiger partial charge in [-0.1, -0.05) is 6.07 Å². The van der Waals surface area contributed by atoms with Crippen molar-refractivity contribution in [3.05, 3.63) is 23.9 Å². The SMILES string of the molecule is CN=C(NCCN1CCOCC1)NCc1ccc(OCC2CC2)nc1.I. The van der Waals surface area contributed by atoms with Crippen molar-refractivity contribution in [2.24, 2.45) is 10.9 Å². The molecule has 1 saturated heterocycles. The molecule has 26 heavy (non-hydrogen) atoms. The second-order valence-electron chi connectivity index (χ2n) is 6.57. The van der Waals surface area contributed by atoms with E-state index in [9.17, 15) is 0 Å². The summed E-state index contributed by atoms with van der Waals surface area (Å²) in [6.45, 7) is 7.03. The van der Waals surface area contributed by atoms with Gasteiger partial charge in [-0.05, 0) is 24.3 Å². The third-order valence-electron chi connectivity index (χ3n) is 4.47. The van der Waals surface area contributed by atoms with Crippen LogP contribution in [0.4, 0.5) is 0 Å². The van der Waals surface area contributed by atoms with Crippen LogP contribution in [0.15, 0.2) is 23.3 Å². The minimum absolute atomic E-state index is 0. The van der Waals surface area contributed by atoms with Crippen molar-refractivity contribution in [1.29, 1.82) is 0 Å². The van der Waals surface area contributed by atoms with Crippen LogP contribution >= 0.6 is 24.0 Å². The number of nitrogens with zero attached hydrogens (tertiary/aromatic N) is 3. The van der Waals surface area contributed by atoms with Crippen LogP contribution in [-0.4, -0.2) is 68.9 Å². The summed E-state index contributed by atoms with van der Waals surface area (Å²) in [5, 5.41) is 6.67. The summed E-state index contributed by atoms with van der Waals surface area (Å²) in [6.07, 6.45) is 4.44. The van der Waals surface area contributed by atoms with Gasteiger partial charge >= 0.3 is 0 Å². The molecule has 7 nitrogen and oxygen atoms in total. The number of rotatable bonds is 8. The van der Waals surface area contributed by atoms with Crippen molar-refractivity contribution in [1.82, 2.24) is 20.5 Å². The first-order valence-electron chi connectivity index (χ1n) is 9.16. The Kier molecular flexibility index (Phi) is 9.41. The Morgan fingerprint density at radius 3 is 2.77 bits per heavy atom. The molecule has 2 aliphatic rings. The average Bonchev–Trinajstić information content (AvgIpc) is 3.49. The number of morpholine rings is 1. The van der Waals surface area contributed by atoms with Crippen molar-refractivity contribution < 1.29 is 9.47 Å². The number of aromatic nitrogens is 1. The lowest BCUT2D eigenvalue weighted by Crippen LogP contribution is -2.44. The zero-order valence-corrected chi connectivity index (χ0v) is 17.8. The number of hydrogen-bond acceptors (Lipinski definition) is 5. The molecule has 0 atom stereocenters. The van der Waals surface area contributed by atoms with Crippen LogP contribution in [-0.2, 0) is 11.3 Å². The summed E-state index contributed by atoms with van der Waals surface area (Å²) >= 11 is 0. The first-order chi connectivity index (χ1) is 12.3. The van der Waals surface area contributed by atoms with Crippen molar-refractivity contribution in [3.8, 4) is 5.88 Å². The highest BCUT2D eigenvalue weighted by Crippen LogP contribution is 2.29. The highest BCUT2D eigenvalue weighted by atomic mass is 127. The zero-order chi connectivity index (χ0) is 17.3. The molecule has 0 amide bonds. The predicted molar refractivity (Wildman–Crippen MR) is 113 cm³/mol. The van der Waals surface area contributed by atoms with E-state index in [0.29, 0.717) is 12.4 Å². The second kappa shape index (κ2) is 11.6. The van der Waals surface area contributed by atoms with Crippen LogP contribution < -0.4 is 15.4 Å². The molecule has 1 aliphatic heterocycles. The smallest absolute Gasteiger partial charge is 0.213 e. The van der Waals surface area contributed by atoms with Gasteiger partial charge in [0.05, 0.1) is 19.8 Å². The molecule has 0 radical (unpaired) electrons. The van der Waals surface area contributed by atoms with Crippen molar-refractivity contribution in [3.63, 3.8) is 0 Å². The lowest BCUT2D eigenvalue weighted by Gasteiger charge is -2.26. The molecule has 3 rings (SSSR count). The number of ether oxygens (including phenoxy) is 2. The van der Waals surface area contributed by atoms with E-state index in [-0.39, 0.29) is 24.0 Å². The molecule has 2 N–H and O–H groups in total. The van der Waals surface area contributed by atoms with Gasteiger partial charge in [0.25, 0.3) is 0 Å². The molecule has 1 saturated carbocycles. The van der Waals surface area contributed by atoms with Gasteiger partial charge in [0.1, 0.15) is 0 Å². The van der Waals surface area contributed by atoms with Crippen LogP contribution in [0.2, 0.25) is 0 Å². The molecule has 1 aromatic heterocycles. The maximum Gasteiger partial charge on any atom is 0.213 e. The third kappa shape index (κ3) is 7.63. The van der Waals surface area contributed by atoms with Crippen molar-refractivity contribution in [2.45, 2.75) is 19.4 Å². The number of nitrogens with one attached hydrogen (secondary N) is 2. The zero-order valence-electron chi connectivity index (χ0n) is 15.4. The maximum atomic E-state index is 5.66. The molecule has 8 heteroatoms. The van der Waals surface area contributed by atoms with E-state index >= 15 is 0 Å². The lowest BCUT2D eigenvalue weighted by molar-refractivity contribution is 0.0389. The Morgan fingerprint density at radius 1 is 1.31 bits per heavy atom. The van der Waals surface area contributed by atoms with Crippen LogP contribution in [0.25, 0.3) is 0 Å². The Labute approximate surface area is 173 Å². The molecular weight excluding hydrogens is 445 g/mol. The van der Waals surface area contributed by atoms with Crippen LogP contribution in [0.1, 0.15) is 18.4 Å². The standard InChI is InChI=1S/C18H29N5O2.HI/c1-19-18(20-6-7-23-8-10-24-11-9-23)22-13-16-4-5-17(21-12-16)25-14-15-2-3-15;/h4-5,12,15H,2-3,6-11,13-14H2,1H3,(H2,19,20,22);1H. The molecule has 2 fully saturated rings. The van der Waals surface area contributed by atoms with E-state index in [1.807, 2.05) is 18.3 Å². The molecule has 0 aromatic carbocycles. The molecule has 146 valence electrons. The van der Waals surface area contributed by atoms with Gasteiger partial charge in [0.15, 0.2) is 5.96 Å². The summed E-state index contributed by atoms with van der Waals surface area (Å²) in [7, 11) is 1.79. The minimum atomic E-state index is 0. The van der Waals surface area contributed by atoms with Crippen LogP contribution in [0.5, 0.6) is 5.88 Å². The van der Waals surface area contributed by atoms with E-state index in [2.05, 4.69) is 25.5 Å². The summed E-state index contributed by atoms with van der Waals surface area (Å²) in [4.78, 5) is 11.0. The fourth-order valence-corrected chi connectivity index (χ4v) is 2.65. The van der Waals surface area contributed by atoms with Gasteiger partial charge in [-0.2, -0.15) is 0 Å². The summed E-state index contributed by atoms with van der Waals surface area (Å²) < 4.78 is 11.0. The van der Waals surface area contributed by atoms with E-state index in [1.165, 1.54) is 12.8 Å². The second-order valence-corrected chi connectivity index (χ2v) is 6.57. The Bertz CT molecular complexity index is 545. The van der Waals surface area contributed by atoms with E-state index in [4.69, 9.17) is 9.47 Å². The summed E-state index contributed by atoms with van der Waals surface area (Å²) in [5.74, 6) is 2.26. The van der Waals surface area contributed by atoms with E-state index in [0.717, 1.165) is 63.4 Å². The van der Waals surface area contributed by atoms with Crippen LogP contribution in [0.3, 0.4) is 0 Å². The number of aliphatic imine (C=N–C) groups is 1. The number of halogens is 1. The monoisotopic (exact) mass is 475 g/mol. The normalized spacial score (nSPS) is 18.1. The number of pyridine rings is 1. The quantitative estimate of drug-likeness (QED) is 0.338. The lowest BCUT2D eigenvalue weighted by atomic mass is 10.3. The van der Waals surface area contributed by atoms with Crippen molar-refractivity contribution in [2.75, 3.05) is 53.0 Å². The highest BCUT2D eigenvalue weighted by Gasteiger charge is 2.22. The molecule has 2 heterocycles. The number of hydrogen-bond donors (Lipinski definition) is 2. The molecule has 1 aliphatic carbocycles. The minimum Gasteiger partial charge on any atom is -0.477 e. The van der Waals surface area contributed by atoms with Gasteiger partial charge in [0.2, 0.25) is 5.88 Å². The Morgan fingerprint density at radius 2 is 2.12 bits per heavy atom. The van der Waals surface area contributed by atoms with Gasteiger partial charge < -0.3 is 20.1 Å². The topological polar surface area (TPSA) is 71.0 Å². The largest absolute Gasteiger partial charge is 0.477 e. The van der Waals surface area contributed by atoms with Crippen LogP contribution in [0, 0.1) is 5.92 Å². The Balaban J connectivity index is 0.00000243. The molecular formula is C18H30IN5O2. The maximum absolute atomic E-state index is 5.66. The summed E-state index contributed by atoms with van der Waals surface area (Å²) in [6, 6.07) is 3.98. The predicted octanol–water partition coefficient (Wildman–Crippen LogP) is 1.49. The van der Waals surface area contributed by atoms with E-state index in [1.54, 1.807) is 7.05 Å². The average molecular weight is 475 g/mol. The third-order valence-corrected chi connectivity index (χ3v) is 4.47. The molecule has 1 aromatic rings. The van der Waals surface area contributed by atoms with Crippen molar-refractivity contribution >= 4 is 29.9 Å². The molecule has 0 bridgehead atoms.